The molecule has 4 heteroatoms. The third-order valence-electron chi connectivity index (χ3n) is 4.35. The van der Waals surface area contributed by atoms with Crippen molar-refractivity contribution in [2.24, 2.45) is 5.92 Å². The molecule has 2 heterocycles. The number of benzene rings is 1. The lowest BCUT2D eigenvalue weighted by Crippen LogP contribution is -2.30. The van der Waals surface area contributed by atoms with Crippen molar-refractivity contribution in [2.45, 2.75) is 31.8 Å². The zero-order valence-electron chi connectivity index (χ0n) is 12.8. The first-order valence-corrected chi connectivity index (χ1v) is 7.98. The van der Waals surface area contributed by atoms with Crippen LogP contribution in [0.3, 0.4) is 0 Å². The summed E-state index contributed by atoms with van der Waals surface area (Å²) in [6.45, 7) is 3.73. The summed E-state index contributed by atoms with van der Waals surface area (Å²) >= 11 is 0. The largest absolute Gasteiger partial charge is 0.493 e. The summed E-state index contributed by atoms with van der Waals surface area (Å²) in [4.78, 5) is 0. The Balaban J connectivity index is 1.72. The van der Waals surface area contributed by atoms with E-state index in [9.17, 15) is 0 Å². The molecular formula is C17H25NO3. The van der Waals surface area contributed by atoms with E-state index in [4.69, 9.17) is 14.2 Å². The van der Waals surface area contributed by atoms with Gasteiger partial charge in [0.2, 0.25) is 0 Å². The molecule has 0 radical (unpaired) electrons. The minimum absolute atomic E-state index is 0.158. The van der Waals surface area contributed by atoms with Crippen molar-refractivity contribution in [1.29, 1.82) is 0 Å². The molecule has 0 spiro atoms. The average molecular weight is 291 g/mol. The lowest BCUT2D eigenvalue weighted by Gasteiger charge is -2.24. The maximum absolute atomic E-state index is 6.06. The van der Waals surface area contributed by atoms with Crippen LogP contribution in [0, 0.1) is 5.92 Å². The molecule has 2 fully saturated rings. The molecular weight excluding hydrogens is 266 g/mol. The lowest BCUT2D eigenvalue weighted by atomic mass is 9.92. The monoisotopic (exact) mass is 291 g/mol. The Morgan fingerprint density at radius 1 is 1.33 bits per heavy atom. The van der Waals surface area contributed by atoms with Gasteiger partial charge in [0.15, 0.2) is 11.5 Å². The summed E-state index contributed by atoms with van der Waals surface area (Å²) in [6.07, 6.45) is 4.72. The Bertz CT molecular complexity index is 451. The smallest absolute Gasteiger partial charge is 0.163 e. The number of hydrogen-bond acceptors (Lipinski definition) is 4. The molecule has 4 nitrogen and oxygen atoms in total. The molecule has 0 aliphatic carbocycles. The number of rotatable bonds is 5. The Labute approximate surface area is 126 Å². The fraction of sp³-hybridized carbons (Fsp3) is 0.647. The second-order valence-corrected chi connectivity index (χ2v) is 5.97. The van der Waals surface area contributed by atoms with E-state index >= 15 is 0 Å². The Kier molecular flexibility index (Phi) is 4.99. The Morgan fingerprint density at radius 2 is 2.29 bits per heavy atom. The van der Waals surface area contributed by atoms with Crippen molar-refractivity contribution < 1.29 is 14.2 Å². The zero-order valence-corrected chi connectivity index (χ0v) is 12.8. The molecule has 116 valence electrons. The first-order chi connectivity index (χ1) is 10.4. The Morgan fingerprint density at radius 3 is 3.00 bits per heavy atom. The minimum atomic E-state index is 0.158. The molecule has 1 N–H and O–H groups in total. The second kappa shape index (κ2) is 7.14. The highest BCUT2D eigenvalue weighted by Crippen LogP contribution is 2.34. The van der Waals surface area contributed by atoms with Gasteiger partial charge in [-0.05, 0) is 49.9 Å². The third-order valence-corrected chi connectivity index (χ3v) is 4.35. The molecule has 0 amide bonds. The summed E-state index contributed by atoms with van der Waals surface area (Å²) < 4.78 is 17.1. The molecule has 0 saturated carbocycles. The summed E-state index contributed by atoms with van der Waals surface area (Å²) in [7, 11) is 1.73. The van der Waals surface area contributed by atoms with Crippen molar-refractivity contribution in [3.8, 4) is 11.5 Å². The number of ether oxygens (including phenoxy) is 3. The van der Waals surface area contributed by atoms with E-state index in [1.807, 2.05) is 6.07 Å². The first-order valence-electron chi connectivity index (χ1n) is 7.98. The van der Waals surface area contributed by atoms with Crippen molar-refractivity contribution in [2.75, 3.05) is 33.4 Å². The highest BCUT2D eigenvalue weighted by atomic mass is 16.6. The fourth-order valence-electron chi connectivity index (χ4n) is 3.24. The highest BCUT2D eigenvalue weighted by Gasteiger charge is 2.21. The van der Waals surface area contributed by atoms with Crippen LogP contribution < -0.4 is 14.8 Å². The number of hydrogen-bond donors (Lipinski definition) is 1. The van der Waals surface area contributed by atoms with Gasteiger partial charge in [-0.25, -0.2) is 0 Å². The van der Waals surface area contributed by atoms with Crippen LogP contribution in [-0.4, -0.2) is 39.5 Å². The van der Waals surface area contributed by atoms with E-state index in [2.05, 4.69) is 17.4 Å². The SMILES string of the molecule is COc1c(CC2CCCNC2)cccc1OC1CCOC1. The zero-order chi connectivity index (χ0) is 14.5. The fourth-order valence-corrected chi connectivity index (χ4v) is 3.24. The van der Waals surface area contributed by atoms with Crippen LogP contribution in [0.5, 0.6) is 11.5 Å². The maximum Gasteiger partial charge on any atom is 0.163 e. The number of piperidine rings is 1. The number of para-hydroxylation sites is 1. The predicted molar refractivity (Wildman–Crippen MR) is 82.1 cm³/mol. The van der Waals surface area contributed by atoms with Gasteiger partial charge in [-0.3, -0.25) is 0 Å². The van der Waals surface area contributed by atoms with E-state index in [1.54, 1.807) is 7.11 Å². The van der Waals surface area contributed by atoms with E-state index in [0.29, 0.717) is 12.5 Å². The molecule has 2 aliphatic rings. The standard InChI is InChI=1S/C17H25NO3/c1-19-17-14(10-13-4-3-8-18-11-13)5-2-6-16(17)21-15-7-9-20-12-15/h2,5-6,13,15,18H,3-4,7-12H2,1H3. The predicted octanol–water partition coefficient (Wildman–Crippen LogP) is 2.41. The molecule has 3 rings (SSSR count). The van der Waals surface area contributed by atoms with Crippen LogP contribution in [0.15, 0.2) is 18.2 Å². The molecule has 1 aromatic carbocycles. The highest BCUT2D eigenvalue weighted by molar-refractivity contribution is 5.47. The summed E-state index contributed by atoms with van der Waals surface area (Å²) in [5.41, 5.74) is 1.25. The van der Waals surface area contributed by atoms with Crippen LogP contribution >= 0.6 is 0 Å². The van der Waals surface area contributed by atoms with Crippen molar-refractivity contribution >= 4 is 0 Å². The van der Waals surface area contributed by atoms with E-state index < -0.39 is 0 Å². The van der Waals surface area contributed by atoms with Gasteiger partial charge in [0.05, 0.1) is 20.3 Å². The number of methoxy groups -OCH3 is 1. The van der Waals surface area contributed by atoms with Crippen molar-refractivity contribution in [1.82, 2.24) is 5.32 Å². The normalized spacial score (nSPS) is 25.8. The van der Waals surface area contributed by atoms with Crippen LogP contribution in [0.1, 0.15) is 24.8 Å². The van der Waals surface area contributed by atoms with Crippen LogP contribution in [0.4, 0.5) is 0 Å². The molecule has 1 aromatic rings. The van der Waals surface area contributed by atoms with E-state index in [0.717, 1.165) is 44.0 Å². The van der Waals surface area contributed by atoms with Gasteiger partial charge in [0.1, 0.15) is 6.10 Å². The topological polar surface area (TPSA) is 39.7 Å². The molecule has 2 aliphatic heterocycles. The average Bonchev–Trinajstić information content (AvgIpc) is 3.02. The van der Waals surface area contributed by atoms with E-state index in [-0.39, 0.29) is 6.10 Å². The van der Waals surface area contributed by atoms with Crippen LogP contribution in [0.25, 0.3) is 0 Å². The molecule has 0 bridgehead atoms. The molecule has 2 unspecified atom stereocenters. The summed E-state index contributed by atoms with van der Waals surface area (Å²) in [5, 5.41) is 3.48. The van der Waals surface area contributed by atoms with Crippen LogP contribution in [0.2, 0.25) is 0 Å². The lowest BCUT2D eigenvalue weighted by molar-refractivity contribution is 0.138. The third kappa shape index (κ3) is 3.69. The molecule has 2 saturated heterocycles. The van der Waals surface area contributed by atoms with Crippen LogP contribution in [-0.2, 0) is 11.2 Å². The molecule has 21 heavy (non-hydrogen) atoms. The first kappa shape index (κ1) is 14.7. The van der Waals surface area contributed by atoms with E-state index in [1.165, 1.54) is 18.4 Å². The quantitative estimate of drug-likeness (QED) is 0.904. The van der Waals surface area contributed by atoms with Crippen molar-refractivity contribution in [3.05, 3.63) is 23.8 Å². The summed E-state index contributed by atoms with van der Waals surface area (Å²) in [5.74, 6) is 2.45. The van der Waals surface area contributed by atoms with Gasteiger partial charge < -0.3 is 19.5 Å². The summed E-state index contributed by atoms with van der Waals surface area (Å²) in [6, 6.07) is 6.23. The molecule has 0 aromatic heterocycles. The van der Waals surface area contributed by atoms with Crippen molar-refractivity contribution in [3.63, 3.8) is 0 Å². The van der Waals surface area contributed by atoms with Gasteiger partial charge in [-0.15, -0.1) is 0 Å². The van der Waals surface area contributed by atoms with Gasteiger partial charge in [0.25, 0.3) is 0 Å². The molecule has 2 atom stereocenters. The second-order valence-electron chi connectivity index (χ2n) is 5.97. The number of nitrogens with one attached hydrogen (secondary N) is 1. The van der Waals surface area contributed by atoms with Gasteiger partial charge in [0, 0.05) is 6.42 Å². The van der Waals surface area contributed by atoms with Gasteiger partial charge in [-0.2, -0.15) is 0 Å². The maximum atomic E-state index is 6.06. The van der Waals surface area contributed by atoms with Gasteiger partial charge >= 0.3 is 0 Å². The minimum Gasteiger partial charge on any atom is -0.493 e. The van der Waals surface area contributed by atoms with Gasteiger partial charge in [-0.1, -0.05) is 12.1 Å². The Hall–Kier alpha value is -1.26.